The van der Waals surface area contributed by atoms with E-state index in [9.17, 15) is 0 Å². The number of nitrogens with zero attached hydrogens (tertiary/aromatic N) is 7. The van der Waals surface area contributed by atoms with Crippen molar-refractivity contribution in [3.8, 4) is 34.1 Å². The van der Waals surface area contributed by atoms with Gasteiger partial charge in [-0.25, -0.2) is 9.97 Å². The largest absolute Gasteiger partial charge is 0.495 e. The second kappa shape index (κ2) is 7.66. The number of aryl methyl sites for hydroxylation is 1. The summed E-state index contributed by atoms with van der Waals surface area (Å²) in [6.07, 6.45) is 5.40. The van der Waals surface area contributed by atoms with Gasteiger partial charge >= 0.3 is 0 Å². The number of halogens is 1. The number of imidazole rings is 1. The lowest BCUT2D eigenvalue weighted by Crippen LogP contribution is -2.09. The molecule has 0 aliphatic heterocycles. The van der Waals surface area contributed by atoms with Crippen molar-refractivity contribution in [3.63, 3.8) is 0 Å². The number of hydrogen-bond donors (Lipinski definition) is 1. The highest BCUT2D eigenvalue weighted by Crippen LogP contribution is 2.37. The minimum Gasteiger partial charge on any atom is -0.495 e. The summed E-state index contributed by atoms with van der Waals surface area (Å²) >= 11 is 3.55. The molecule has 5 aromatic heterocycles. The number of ether oxygens (including phenoxy) is 1. The van der Waals surface area contributed by atoms with Gasteiger partial charge in [-0.05, 0) is 53.2 Å². The molecule has 6 aromatic rings. The molecule has 0 aliphatic carbocycles. The summed E-state index contributed by atoms with van der Waals surface area (Å²) < 4.78 is 15.5. The molecule has 0 unspecified atom stereocenters. The third kappa shape index (κ3) is 3.12. The third-order valence-electron chi connectivity index (χ3n) is 5.56. The van der Waals surface area contributed by atoms with Gasteiger partial charge in [0.1, 0.15) is 22.6 Å². The Morgan fingerprint density at radius 2 is 2.03 bits per heavy atom. The van der Waals surface area contributed by atoms with Crippen LogP contribution in [0.4, 0.5) is 5.95 Å². The summed E-state index contributed by atoms with van der Waals surface area (Å²) in [5.74, 6) is 1.76. The van der Waals surface area contributed by atoms with Gasteiger partial charge in [-0.3, -0.25) is 0 Å². The molecule has 0 aliphatic rings. The Morgan fingerprint density at radius 3 is 2.82 bits per heavy atom. The van der Waals surface area contributed by atoms with E-state index in [0.29, 0.717) is 34.1 Å². The van der Waals surface area contributed by atoms with Crippen LogP contribution in [0.2, 0.25) is 0 Å². The predicted octanol–water partition coefficient (Wildman–Crippen LogP) is 4.45. The first kappa shape index (κ1) is 20.4. The zero-order chi connectivity index (χ0) is 23.4. The molecule has 2 N–H and O–H groups in total. The number of anilines is 1. The summed E-state index contributed by atoms with van der Waals surface area (Å²) in [5.41, 5.74) is 11.4. The predicted molar refractivity (Wildman–Crippen MR) is 130 cm³/mol. The molecule has 168 valence electrons. The van der Waals surface area contributed by atoms with Crippen LogP contribution in [0, 0.1) is 6.92 Å². The van der Waals surface area contributed by atoms with E-state index in [1.165, 1.54) is 0 Å². The number of furan rings is 1. The van der Waals surface area contributed by atoms with E-state index >= 15 is 0 Å². The first-order valence-electron chi connectivity index (χ1n) is 10.3. The zero-order valence-corrected chi connectivity index (χ0v) is 19.7. The third-order valence-corrected chi connectivity index (χ3v) is 6.18. The van der Waals surface area contributed by atoms with E-state index in [2.05, 4.69) is 41.2 Å². The highest BCUT2D eigenvalue weighted by Gasteiger charge is 2.23. The lowest BCUT2D eigenvalue weighted by Gasteiger charge is -2.14. The maximum atomic E-state index is 6.17. The molecule has 10 nitrogen and oxygen atoms in total. The number of benzene rings is 1. The molecule has 34 heavy (non-hydrogen) atoms. The molecule has 0 spiro atoms. The van der Waals surface area contributed by atoms with Crippen LogP contribution in [0.5, 0.6) is 5.75 Å². The number of hydrogen-bond acceptors (Lipinski definition) is 8. The highest BCUT2D eigenvalue weighted by molar-refractivity contribution is 9.10. The van der Waals surface area contributed by atoms with Crippen molar-refractivity contribution in [3.05, 3.63) is 65.2 Å². The SMILES string of the molecule is COc1cc2nnn(-c3nc(N)nc(-c4ccco4)c3-c3ccc4ncc(C)n4c3)c2cc1Br. The fraction of sp³-hybridized carbons (Fsp3) is 0.0870. The quantitative estimate of drug-likeness (QED) is 0.364. The van der Waals surface area contributed by atoms with Crippen molar-refractivity contribution >= 4 is 38.6 Å². The molecule has 0 radical (unpaired) electrons. The molecular formula is C23H17BrN8O2. The smallest absolute Gasteiger partial charge is 0.222 e. The van der Waals surface area contributed by atoms with E-state index in [1.807, 2.05) is 54.0 Å². The molecular weight excluding hydrogens is 500 g/mol. The van der Waals surface area contributed by atoms with Crippen LogP contribution in [-0.2, 0) is 0 Å². The Balaban J connectivity index is 1.70. The summed E-state index contributed by atoms with van der Waals surface area (Å²) in [6.45, 7) is 1.99. The van der Waals surface area contributed by atoms with Crippen LogP contribution >= 0.6 is 15.9 Å². The van der Waals surface area contributed by atoms with Gasteiger partial charge in [-0.2, -0.15) is 9.67 Å². The molecule has 6 rings (SSSR count). The summed E-state index contributed by atoms with van der Waals surface area (Å²) in [6, 6.07) is 11.2. The van der Waals surface area contributed by atoms with Crippen molar-refractivity contribution in [1.29, 1.82) is 0 Å². The minimum atomic E-state index is 0.0845. The van der Waals surface area contributed by atoms with Crippen LogP contribution in [0.15, 0.2) is 63.9 Å². The van der Waals surface area contributed by atoms with Crippen LogP contribution in [0.1, 0.15) is 5.69 Å². The number of nitrogens with two attached hydrogens (primary N) is 1. The van der Waals surface area contributed by atoms with Crippen LogP contribution in [0.25, 0.3) is 45.1 Å². The maximum absolute atomic E-state index is 6.17. The molecule has 0 amide bonds. The monoisotopic (exact) mass is 516 g/mol. The van der Waals surface area contributed by atoms with E-state index in [1.54, 1.807) is 24.1 Å². The molecule has 1 aromatic carbocycles. The lowest BCUT2D eigenvalue weighted by atomic mass is 10.0. The highest BCUT2D eigenvalue weighted by atomic mass is 79.9. The number of fused-ring (bicyclic) bond motifs is 2. The molecule has 0 atom stereocenters. The van der Waals surface area contributed by atoms with Crippen molar-refractivity contribution < 1.29 is 9.15 Å². The second-order valence-corrected chi connectivity index (χ2v) is 8.48. The first-order chi connectivity index (χ1) is 16.5. The Labute approximate surface area is 201 Å². The van der Waals surface area contributed by atoms with Crippen LogP contribution in [-0.4, -0.2) is 41.5 Å². The van der Waals surface area contributed by atoms with Crippen LogP contribution in [0.3, 0.4) is 0 Å². The molecule has 0 fully saturated rings. The van der Waals surface area contributed by atoms with E-state index < -0.39 is 0 Å². The van der Waals surface area contributed by atoms with Gasteiger partial charge in [0, 0.05) is 29.7 Å². The average Bonchev–Trinajstić information content (AvgIpc) is 3.58. The van der Waals surface area contributed by atoms with Crippen molar-refractivity contribution in [2.75, 3.05) is 12.8 Å². The van der Waals surface area contributed by atoms with E-state index in [-0.39, 0.29) is 5.95 Å². The zero-order valence-electron chi connectivity index (χ0n) is 18.1. The lowest BCUT2D eigenvalue weighted by molar-refractivity contribution is 0.412. The molecule has 0 saturated carbocycles. The summed E-state index contributed by atoms with van der Waals surface area (Å²) in [7, 11) is 1.60. The van der Waals surface area contributed by atoms with Crippen molar-refractivity contribution in [1.82, 2.24) is 34.3 Å². The number of pyridine rings is 1. The van der Waals surface area contributed by atoms with Crippen molar-refractivity contribution in [2.24, 2.45) is 0 Å². The molecule has 11 heteroatoms. The fourth-order valence-electron chi connectivity index (χ4n) is 3.96. The Bertz CT molecular complexity index is 1690. The van der Waals surface area contributed by atoms with E-state index in [0.717, 1.165) is 26.9 Å². The standard InChI is InChI=1S/C23H17BrN8O2/c1-12-10-26-19-6-5-13(11-31(12)19)20-21(17-4-3-7-34-17)27-23(25)28-22(20)32-16-8-14(24)18(33-2)9-15(16)29-30-32/h3-11H,1-2H3,(H2,25,27,28). The number of methoxy groups -OCH3 is 1. The number of aromatic nitrogens is 7. The number of rotatable bonds is 4. The van der Waals surface area contributed by atoms with Crippen molar-refractivity contribution in [2.45, 2.75) is 6.92 Å². The van der Waals surface area contributed by atoms with E-state index in [4.69, 9.17) is 14.9 Å². The van der Waals surface area contributed by atoms with Gasteiger partial charge in [-0.15, -0.1) is 5.10 Å². The second-order valence-electron chi connectivity index (χ2n) is 7.63. The Hall–Kier alpha value is -4.25. The normalized spacial score (nSPS) is 11.5. The van der Waals surface area contributed by atoms with Gasteiger partial charge in [0.2, 0.25) is 5.95 Å². The average molecular weight is 517 g/mol. The van der Waals surface area contributed by atoms with Crippen LogP contribution < -0.4 is 10.5 Å². The van der Waals surface area contributed by atoms with Gasteiger partial charge in [-0.1, -0.05) is 5.21 Å². The number of nitrogen functional groups attached to an aromatic ring is 1. The first-order valence-corrected chi connectivity index (χ1v) is 11.1. The minimum absolute atomic E-state index is 0.0845. The topological polar surface area (TPSA) is 122 Å². The summed E-state index contributed by atoms with van der Waals surface area (Å²) in [4.78, 5) is 13.6. The maximum Gasteiger partial charge on any atom is 0.222 e. The van der Waals surface area contributed by atoms with Gasteiger partial charge in [0.25, 0.3) is 0 Å². The fourth-order valence-corrected chi connectivity index (χ4v) is 4.46. The van der Waals surface area contributed by atoms with Gasteiger partial charge < -0.3 is 19.3 Å². The molecule has 0 saturated heterocycles. The Morgan fingerprint density at radius 1 is 1.15 bits per heavy atom. The molecule has 0 bridgehead atoms. The molecule has 5 heterocycles. The van der Waals surface area contributed by atoms with Gasteiger partial charge in [0.15, 0.2) is 11.6 Å². The summed E-state index contributed by atoms with van der Waals surface area (Å²) in [5, 5.41) is 8.73. The Kier molecular flexibility index (Phi) is 4.59. The van der Waals surface area contributed by atoms with Gasteiger partial charge in [0.05, 0.1) is 28.9 Å².